The number of aromatic nitrogens is 1. The van der Waals surface area contributed by atoms with Gasteiger partial charge in [0.2, 0.25) is 0 Å². The van der Waals surface area contributed by atoms with E-state index in [2.05, 4.69) is 14.4 Å². The minimum absolute atomic E-state index is 0.302. The average molecular weight is 271 g/mol. The van der Waals surface area contributed by atoms with Gasteiger partial charge in [0.25, 0.3) is 10.2 Å². The molecule has 0 aliphatic carbocycles. The highest BCUT2D eigenvalue weighted by atomic mass is 32.2. The molecule has 7 nitrogen and oxygen atoms in total. The van der Waals surface area contributed by atoms with E-state index in [0.717, 1.165) is 0 Å². The van der Waals surface area contributed by atoms with Crippen LogP contribution < -0.4 is 15.2 Å². The molecular weight excluding hydrogens is 258 g/mol. The second-order valence-corrected chi connectivity index (χ2v) is 5.22. The normalized spacial score (nSPS) is 11.8. The Hall–Kier alpha value is -1.80. The van der Waals surface area contributed by atoms with E-state index in [1.54, 1.807) is 12.1 Å². The molecular formula is C10H13N3O4S. The monoisotopic (exact) mass is 271 g/mol. The van der Waals surface area contributed by atoms with E-state index in [4.69, 9.17) is 4.42 Å². The summed E-state index contributed by atoms with van der Waals surface area (Å²) in [5.74, 6) is -0.575. The number of nitrogens with one attached hydrogen (secondary N) is 3. The van der Waals surface area contributed by atoms with Crippen molar-refractivity contribution in [2.75, 3.05) is 11.3 Å². The molecule has 2 aromatic rings. The summed E-state index contributed by atoms with van der Waals surface area (Å²) < 4.78 is 32.7. The van der Waals surface area contributed by atoms with Crippen molar-refractivity contribution in [2.45, 2.75) is 13.3 Å². The number of rotatable bonds is 5. The summed E-state index contributed by atoms with van der Waals surface area (Å²) in [6.45, 7) is 2.22. The van der Waals surface area contributed by atoms with Crippen molar-refractivity contribution in [1.82, 2.24) is 9.71 Å². The lowest BCUT2D eigenvalue weighted by Gasteiger charge is -2.08. The number of hydrogen-bond acceptors (Lipinski definition) is 4. The number of H-pyrrole nitrogens is 1. The largest absolute Gasteiger partial charge is 0.417 e. The molecule has 98 valence electrons. The van der Waals surface area contributed by atoms with Crippen LogP contribution in [0.15, 0.2) is 27.4 Å². The van der Waals surface area contributed by atoms with Gasteiger partial charge in [0, 0.05) is 12.6 Å². The Morgan fingerprint density at radius 1 is 1.39 bits per heavy atom. The van der Waals surface area contributed by atoms with Gasteiger partial charge in [0.15, 0.2) is 5.58 Å². The zero-order chi connectivity index (χ0) is 13.2. The lowest BCUT2D eigenvalue weighted by molar-refractivity contribution is 0.555. The number of anilines is 1. The van der Waals surface area contributed by atoms with E-state index >= 15 is 0 Å². The highest BCUT2D eigenvalue weighted by Gasteiger charge is 2.09. The first-order valence-corrected chi connectivity index (χ1v) is 6.89. The fourth-order valence-corrected chi connectivity index (χ4v) is 2.42. The molecule has 0 fully saturated rings. The molecule has 1 heterocycles. The van der Waals surface area contributed by atoms with Crippen molar-refractivity contribution in [1.29, 1.82) is 0 Å². The molecule has 8 heteroatoms. The average Bonchev–Trinajstić information content (AvgIpc) is 2.65. The van der Waals surface area contributed by atoms with Gasteiger partial charge in [-0.05, 0) is 18.6 Å². The van der Waals surface area contributed by atoms with Crippen LogP contribution >= 0.6 is 0 Å². The number of benzene rings is 1. The van der Waals surface area contributed by atoms with Crippen LogP contribution in [0.1, 0.15) is 13.3 Å². The van der Waals surface area contributed by atoms with Crippen LogP contribution in [0.2, 0.25) is 0 Å². The van der Waals surface area contributed by atoms with Crippen molar-refractivity contribution >= 4 is 27.0 Å². The third kappa shape index (κ3) is 2.90. The van der Waals surface area contributed by atoms with E-state index in [1.807, 2.05) is 6.92 Å². The Morgan fingerprint density at radius 3 is 2.89 bits per heavy atom. The number of fused-ring (bicyclic) bond motifs is 1. The third-order valence-corrected chi connectivity index (χ3v) is 3.30. The first kappa shape index (κ1) is 12.7. The summed E-state index contributed by atoms with van der Waals surface area (Å²) in [6, 6.07) is 4.55. The van der Waals surface area contributed by atoms with Crippen LogP contribution in [-0.2, 0) is 10.2 Å². The third-order valence-electron chi connectivity index (χ3n) is 2.22. The zero-order valence-electron chi connectivity index (χ0n) is 9.69. The molecule has 0 saturated carbocycles. The number of hydrogen-bond donors (Lipinski definition) is 3. The standard InChI is InChI=1S/C10H13N3O4S/c1-2-5-11-18(15,16)13-7-3-4-8-9(6-7)17-10(14)12-8/h3-4,6,11,13H,2,5H2,1H3,(H,12,14). The van der Waals surface area contributed by atoms with Gasteiger partial charge in [-0.2, -0.15) is 13.1 Å². The summed E-state index contributed by atoms with van der Waals surface area (Å²) in [5, 5.41) is 0. The summed E-state index contributed by atoms with van der Waals surface area (Å²) in [4.78, 5) is 13.4. The Labute approximate surface area is 103 Å². The topological polar surface area (TPSA) is 104 Å². The molecule has 3 N–H and O–H groups in total. The van der Waals surface area contributed by atoms with Gasteiger partial charge in [-0.15, -0.1) is 0 Å². The molecule has 0 radical (unpaired) electrons. The second kappa shape index (κ2) is 4.83. The Balaban J connectivity index is 2.24. The fourth-order valence-electron chi connectivity index (χ4n) is 1.44. The molecule has 0 spiro atoms. The van der Waals surface area contributed by atoms with Crippen LogP contribution in [0.3, 0.4) is 0 Å². The summed E-state index contributed by atoms with van der Waals surface area (Å²) in [7, 11) is -3.59. The summed E-state index contributed by atoms with van der Waals surface area (Å²) in [6.07, 6.45) is 0.701. The molecule has 0 bridgehead atoms. The van der Waals surface area contributed by atoms with Crippen molar-refractivity contribution < 1.29 is 12.8 Å². The maximum absolute atomic E-state index is 11.6. The first-order valence-electron chi connectivity index (χ1n) is 5.40. The van der Waals surface area contributed by atoms with Gasteiger partial charge in [0.1, 0.15) is 0 Å². The highest BCUT2D eigenvalue weighted by Crippen LogP contribution is 2.16. The van der Waals surface area contributed by atoms with E-state index in [9.17, 15) is 13.2 Å². The molecule has 0 aliphatic heterocycles. The Bertz CT molecular complexity index is 701. The molecule has 0 atom stereocenters. The van der Waals surface area contributed by atoms with Gasteiger partial charge >= 0.3 is 5.76 Å². The Kier molecular flexibility index (Phi) is 3.39. The van der Waals surface area contributed by atoms with Gasteiger partial charge in [-0.25, -0.2) is 4.79 Å². The highest BCUT2D eigenvalue weighted by molar-refractivity contribution is 7.90. The smallest absolute Gasteiger partial charge is 0.408 e. The van der Waals surface area contributed by atoms with Gasteiger partial charge in [-0.3, -0.25) is 9.71 Å². The number of aromatic amines is 1. The molecule has 0 amide bonds. The predicted molar refractivity (Wildman–Crippen MR) is 67.7 cm³/mol. The fraction of sp³-hybridized carbons (Fsp3) is 0.300. The quantitative estimate of drug-likeness (QED) is 0.747. The molecule has 0 aliphatic rings. The predicted octanol–water partition coefficient (Wildman–Crippen LogP) is 0.777. The zero-order valence-corrected chi connectivity index (χ0v) is 10.5. The van der Waals surface area contributed by atoms with Gasteiger partial charge in [0.05, 0.1) is 11.2 Å². The molecule has 18 heavy (non-hydrogen) atoms. The minimum atomic E-state index is -3.59. The van der Waals surface area contributed by atoms with Gasteiger partial charge < -0.3 is 4.42 Å². The summed E-state index contributed by atoms with van der Waals surface area (Å²) >= 11 is 0. The van der Waals surface area contributed by atoms with Crippen LogP contribution in [0.25, 0.3) is 11.1 Å². The molecule has 0 unspecified atom stereocenters. The first-order chi connectivity index (χ1) is 8.50. The van der Waals surface area contributed by atoms with Crippen LogP contribution in [-0.4, -0.2) is 19.9 Å². The van der Waals surface area contributed by atoms with E-state index in [1.165, 1.54) is 6.07 Å². The molecule has 1 aromatic carbocycles. The van der Waals surface area contributed by atoms with Crippen molar-refractivity contribution in [3.8, 4) is 0 Å². The maximum atomic E-state index is 11.6. The minimum Gasteiger partial charge on any atom is -0.408 e. The Morgan fingerprint density at radius 2 is 2.17 bits per heavy atom. The van der Waals surface area contributed by atoms with E-state index in [-0.39, 0.29) is 0 Å². The van der Waals surface area contributed by atoms with E-state index in [0.29, 0.717) is 29.8 Å². The molecule has 0 saturated heterocycles. The van der Waals surface area contributed by atoms with Gasteiger partial charge in [-0.1, -0.05) is 6.92 Å². The second-order valence-electron chi connectivity index (χ2n) is 3.73. The van der Waals surface area contributed by atoms with E-state index < -0.39 is 16.0 Å². The van der Waals surface area contributed by atoms with Crippen LogP contribution in [0.4, 0.5) is 5.69 Å². The van der Waals surface area contributed by atoms with Crippen molar-refractivity contribution in [3.63, 3.8) is 0 Å². The molecule has 2 rings (SSSR count). The SMILES string of the molecule is CCCNS(=O)(=O)Nc1ccc2[nH]c(=O)oc2c1. The van der Waals surface area contributed by atoms with Crippen LogP contribution in [0, 0.1) is 0 Å². The maximum Gasteiger partial charge on any atom is 0.417 e. The van der Waals surface area contributed by atoms with Crippen molar-refractivity contribution in [3.05, 3.63) is 28.7 Å². The molecule has 1 aromatic heterocycles. The summed E-state index contributed by atoms with van der Waals surface area (Å²) in [5.41, 5.74) is 1.15. The van der Waals surface area contributed by atoms with Crippen LogP contribution in [0.5, 0.6) is 0 Å². The lowest BCUT2D eigenvalue weighted by Crippen LogP contribution is -2.30. The lowest BCUT2D eigenvalue weighted by atomic mass is 10.3. The number of oxazole rings is 1. The van der Waals surface area contributed by atoms with Crippen molar-refractivity contribution in [2.24, 2.45) is 0 Å².